The van der Waals surface area contributed by atoms with Crippen molar-refractivity contribution >= 4 is 0 Å². The van der Waals surface area contributed by atoms with E-state index in [1.807, 2.05) is 0 Å². The van der Waals surface area contributed by atoms with Gasteiger partial charge in [0, 0.05) is 19.6 Å². The molecular formula is C12H28N2O. The van der Waals surface area contributed by atoms with Crippen molar-refractivity contribution < 1.29 is 5.11 Å². The van der Waals surface area contributed by atoms with E-state index in [-0.39, 0.29) is 12.0 Å². The smallest absolute Gasteiger partial charge is 0.0558 e. The van der Waals surface area contributed by atoms with Crippen LogP contribution < -0.4 is 5.32 Å². The van der Waals surface area contributed by atoms with Gasteiger partial charge in [0.25, 0.3) is 0 Å². The molecule has 0 aromatic heterocycles. The summed E-state index contributed by atoms with van der Waals surface area (Å²) in [5, 5.41) is 12.4. The van der Waals surface area contributed by atoms with Crippen LogP contribution in [-0.2, 0) is 0 Å². The Morgan fingerprint density at radius 3 is 2.33 bits per heavy atom. The lowest BCUT2D eigenvalue weighted by Crippen LogP contribution is -2.41. The highest BCUT2D eigenvalue weighted by molar-refractivity contribution is 4.76. The predicted octanol–water partition coefficient (Wildman–Crippen LogP) is 1.33. The lowest BCUT2D eigenvalue weighted by atomic mass is 9.92. The van der Waals surface area contributed by atoms with Crippen molar-refractivity contribution in [3.63, 3.8) is 0 Å². The van der Waals surface area contributed by atoms with Crippen LogP contribution in [0.4, 0.5) is 0 Å². The molecule has 0 unspecified atom stereocenters. The van der Waals surface area contributed by atoms with Gasteiger partial charge < -0.3 is 15.3 Å². The zero-order valence-corrected chi connectivity index (χ0v) is 10.8. The van der Waals surface area contributed by atoms with Crippen LogP contribution in [0.1, 0.15) is 34.1 Å². The van der Waals surface area contributed by atoms with E-state index in [4.69, 9.17) is 5.11 Å². The van der Waals surface area contributed by atoms with Crippen molar-refractivity contribution in [3.05, 3.63) is 0 Å². The largest absolute Gasteiger partial charge is 0.395 e. The molecule has 0 rings (SSSR count). The Morgan fingerprint density at radius 2 is 1.87 bits per heavy atom. The van der Waals surface area contributed by atoms with E-state index in [0.717, 1.165) is 39.1 Å². The highest BCUT2D eigenvalue weighted by Crippen LogP contribution is 2.15. The van der Waals surface area contributed by atoms with Gasteiger partial charge in [-0.25, -0.2) is 0 Å². The van der Waals surface area contributed by atoms with Crippen LogP contribution in [0.2, 0.25) is 0 Å². The number of aliphatic hydroxyl groups is 1. The maximum Gasteiger partial charge on any atom is 0.0558 e. The highest BCUT2D eigenvalue weighted by Gasteiger charge is 2.20. The Hall–Kier alpha value is -0.120. The van der Waals surface area contributed by atoms with E-state index in [2.05, 4.69) is 37.9 Å². The summed E-state index contributed by atoms with van der Waals surface area (Å²) in [6.45, 7) is 14.1. The first kappa shape index (κ1) is 14.9. The number of hydrogen-bond acceptors (Lipinski definition) is 3. The van der Waals surface area contributed by atoms with E-state index < -0.39 is 0 Å². The minimum absolute atomic E-state index is 0.261. The molecule has 0 saturated carbocycles. The maximum atomic E-state index is 8.98. The molecule has 0 heterocycles. The van der Waals surface area contributed by atoms with Crippen LogP contribution in [0.15, 0.2) is 0 Å². The summed E-state index contributed by atoms with van der Waals surface area (Å²) in [5.41, 5.74) is 0.278. The molecule has 0 bridgehead atoms. The van der Waals surface area contributed by atoms with Crippen molar-refractivity contribution in [2.75, 3.05) is 39.3 Å². The average Bonchev–Trinajstić information content (AvgIpc) is 2.15. The number of nitrogens with zero attached hydrogens (tertiary/aromatic N) is 1. The third-order valence-corrected chi connectivity index (χ3v) is 2.46. The van der Waals surface area contributed by atoms with E-state index in [0.29, 0.717) is 0 Å². The summed E-state index contributed by atoms with van der Waals surface area (Å²) in [4.78, 5) is 2.34. The molecule has 15 heavy (non-hydrogen) atoms. The van der Waals surface area contributed by atoms with Gasteiger partial charge in [-0.05, 0) is 24.9 Å². The fraction of sp³-hybridized carbons (Fsp3) is 1.00. The van der Waals surface area contributed by atoms with Crippen LogP contribution in [-0.4, -0.2) is 49.3 Å². The third-order valence-electron chi connectivity index (χ3n) is 2.46. The number of rotatable bonds is 9. The zero-order valence-electron chi connectivity index (χ0n) is 10.8. The monoisotopic (exact) mass is 216 g/mol. The molecule has 0 spiro atoms. The van der Waals surface area contributed by atoms with Crippen molar-refractivity contribution in [1.82, 2.24) is 10.2 Å². The molecule has 92 valence electrons. The Bertz CT molecular complexity index is 143. The van der Waals surface area contributed by atoms with Gasteiger partial charge >= 0.3 is 0 Å². The van der Waals surface area contributed by atoms with Crippen LogP contribution >= 0.6 is 0 Å². The van der Waals surface area contributed by atoms with Gasteiger partial charge in [-0.2, -0.15) is 0 Å². The van der Waals surface area contributed by atoms with Gasteiger partial charge in [0.05, 0.1) is 6.61 Å². The molecule has 0 aliphatic rings. The Balaban J connectivity index is 3.99. The molecule has 0 amide bonds. The average molecular weight is 216 g/mol. The summed E-state index contributed by atoms with van der Waals surface area (Å²) in [6.07, 6.45) is 1.15. The normalized spacial score (nSPS) is 12.4. The van der Waals surface area contributed by atoms with Crippen molar-refractivity contribution in [3.8, 4) is 0 Å². The fourth-order valence-corrected chi connectivity index (χ4v) is 1.85. The standard InChI is InChI=1S/C12H28N2O/c1-5-7-14(8-9-15)11-12(3,4)10-13-6-2/h13,15H,5-11H2,1-4H3. The lowest BCUT2D eigenvalue weighted by molar-refractivity contribution is 0.142. The van der Waals surface area contributed by atoms with Gasteiger partial charge in [-0.3, -0.25) is 0 Å². The molecule has 3 nitrogen and oxygen atoms in total. The first-order chi connectivity index (χ1) is 7.05. The van der Waals surface area contributed by atoms with Crippen LogP contribution in [0.5, 0.6) is 0 Å². The van der Waals surface area contributed by atoms with Crippen molar-refractivity contribution in [2.45, 2.75) is 34.1 Å². The summed E-state index contributed by atoms with van der Waals surface area (Å²) in [7, 11) is 0. The zero-order chi connectivity index (χ0) is 11.7. The Morgan fingerprint density at radius 1 is 1.20 bits per heavy atom. The summed E-state index contributed by atoms with van der Waals surface area (Å²) >= 11 is 0. The Kier molecular flexibility index (Phi) is 8.02. The second kappa shape index (κ2) is 8.08. The molecule has 0 fully saturated rings. The van der Waals surface area contributed by atoms with Gasteiger partial charge in [0.2, 0.25) is 0 Å². The molecule has 0 aliphatic carbocycles. The quantitative estimate of drug-likeness (QED) is 0.610. The van der Waals surface area contributed by atoms with E-state index in [1.54, 1.807) is 0 Å². The molecule has 2 N–H and O–H groups in total. The summed E-state index contributed by atoms with van der Waals surface area (Å²) in [5.74, 6) is 0. The second-order valence-corrected chi connectivity index (χ2v) is 4.94. The minimum atomic E-state index is 0.261. The van der Waals surface area contributed by atoms with E-state index >= 15 is 0 Å². The molecule has 0 aromatic carbocycles. The van der Waals surface area contributed by atoms with Gasteiger partial charge in [-0.1, -0.05) is 27.7 Å². The molecular weight excluding hydrogens is 188 g/mol. The molecule has 0 radical (unpaired) electrons. The number of nitrogens with one attached hydrogen (secondary N) is 1. The fourth-order valence-electron chi connectivity index (χ4n) is 1.85. The number of hydrogen-bond donors (Lipinski definition) is 2. The van der Waals surface area contributed by atoms with Crippen molar-refractivity contribution in [2.24, 2.45) is 5.41 Å². The van der Waals surface area contributed by atoms with Gasteiger partial charge in [0.15, 0.2) is 0 Å². The third kappa shape index (κ3) is 7.77. The Labute approximate surface area is 94.9 Å². The van der Waals surface area contributed by atoms with Gasteiger partial charge in [-0.15, -0.1) is 0 Å². The summed E-state index contributed by atoms with van der Waals surface area (Å²) < 4.78 is 0. The van der Waals surface area contributed by atoms with E-state index in [1.165, 1.54) is 0 Å². The lowest BCUT2D eigenvalue weighted by Gasteiger charge is -2.32. The van der Waals surface area contributed by atoms with Crippen LogP contribution in [0.3, 0.4) is 0 Å². The SMILES string of the molecule is CCCN(CCO)CC(C)(C)CNCC. The highest BCUT2D eigenvalue weighted by atomic mass is 16.3. The van der Waals surface area contributed by atoms with E-state index in [9.17, 15) is 0 Å². The van der Waals surface area contributed by atoms with Gasteiger partial charge in [0.1, 0.15) is 0 Å². The number of aliphatic hydroxyl groups excluding tert-OH is 1. The molecule has 0 atom stereocenters. The maximum absolute atomic E-state index is 8.98. The molecule has 0 aliphatic heterocycles. The van der Waals surface area contributed by atoms with Crippen molar-refractivity contribution in [1.29, 1.82) is 0 Å². The molecule has 0 saturated heterocycles. The summed E-state index contributed by atoms with van der Waals surface area (Å²) in [6, 6.07) is 0. The first-order valence-electron chi connectivity index (χ1n) is 6.09. The molecule has 3 heteroatoms. The topological polar surface area (TPSA) is 35.5 Å². The van der Waals surface area contributed by atoms with Crippen LogP contribution in [0, 0.1) is 5.41 Å². The second-order valence-electron chi connectivity index (χ2n) is 4.94. The van der Waals surface area contributed by atoms with Crippen LogP contribution in [0.25, 0.3) is 0 Å². The predicted molar refractivity (Wildman–Crippen MR) is 66.1 cm³/mol. The molecule has 0 aromatic rings. The minimum Gasteiger partial charge on any atom is -0.395 e. The first-order valence-corrected chi connectivity index (χ1v) is 6.09.